The van der Waals surface area contributed by atoms with Gasteiger partial charge in [-0.1, -0.05) is 65.9 Å². The number of halogens is 1. The van der Waals surface area contributed by atoms with E-state index in [1.54, 1.807) is 36.4 Å². The van der Waals surface area contributed by atoms with Gasteiger partial charge in [-0.3, -0.25) is 9.69 Å². The molecule has 0 aromatic heterocycles. The molecule has 0 bridgehead atoms. The zero-order chi connectivity index (χ0) is 22.7. The number of aryl methyl sites for hydroxylation is 1. The molecule has 32 heavy (non-hydrogen) atoms. The van der Waals surface area contributed by atoms with E-state index in [1.807, 2.05) is 37.3 Å². The van der Waals surface area contributed by atoms with Gasteiger partial charge in [0.2, 0.25) is 0 Å². The third kappa shape index (κ3) is 4.69. The topological polar surface area (TPSA) is 38.8 Å². The number of carbonyl (C=O) groups excluding carboxylic acids is 1. The van der Waals surface area contributed by atoms with E-state index in [2.05, 4.69) is 0 Å². The van der Waals surface area contributed by atoms with Crippen molar-refractivity contribution in [2.75, 3.05) is 12.0 Å². The minimum Gasteiger partial charge on any atom is -0.493 e. The molecule has 0 spiro atoms. The smallest absolute Gasteiger partial charge is 0.270 e. The summed E-state index contributed by atoms with van der Waals surface area (Å²) in [7, 11) is 1.54. The second-order valence-electron chi connectivity index (χ2n) is 7.14. The first-order valence-corrected chi connectivity index (χ1v) is 11.1. The van der Waals surface area contributed by atoms with Crippen molar-refractivity contribution in [2.24, 2.45) is 0 Å². The van der Waals surface area contributed by atoms with Gasteiger partial charge >= 0.3 is 0 Å². The first-order chi connectivity index (χ1) is 15.5. The number of methoxy groups -OCH3 is 1. The van der Waals surface area contributed by atoms with Crippen molar-refractivity contribution in [3.05, 3.63) is 94.1 Å². The number of hydrogen-bond acceptors (Lipinski definition) is 5. The van der Waals surface area contributed by atoms with Crippen LogP contribution < -0.4 is 14.4 Å². The van der Waals surface area contributed by atoms with Crippen LogP contribution in [0.3, 0.4) is 0 Å². The van der Waals surface area contributed by atoms with E-state index in [4.69, 9.17) is 21.7 Å². The van der Waals surface area contributed by atoms with Crippen LogP contribution in [-0.4, -0.2) is 17.3 Å². The summed E-state index contributed by atoms with van der Waals surface area (Å²) in [6.07, 6.45) is 1.77. The van der Waals surface area contributed by atoms with Crippen LogP contribution in [0.25, 0.3) is 6.08 Å². The van der Waals surface area contributed by atoms with Gasteiger partial charge in [0.1, 0.15) is 12.4 Å². The molecule has 1 aliphatic heterocycles. The van der Waals surface area contributed by atoms with Gasteiger partial charge in [0.15, 0.2) is 15.8 Å². The molecule has 1 fully saturated rings. The molecule has 1 aliphatic rings. The van der Waals surface area contributed by atoms with E-state index in [0.717, 1.165) is 16.8 Å². The number of carbonyl (C=O) groups is 1. The summed E-state index contributed by atoms with van der Waals surface area (Å²) >= 11 is 6.70. The number of hydrogen-bond donors (Lipinski definition) is 0. The lowest BCUT2D eigenvalue weighted by Crippen LogP contribution is -2.27. The van der Waals surface area contributed by atoms with Gasteiger partial charge in [0.25, 0.3) is 5.91 Å². The van der Waals surface area contributed by atoms with Crippen LogP contribution in [-0.2, 0) is 11.4 Å². The van der Waals surface area contributed by atoms with Crippen molar-refractivity contribution < 1.29 is 18.7 Å². The molecular weight excluding hydrogens is 445 g/mol. The summed E-state index contributed by atoms with van der Waals surface area (Å²) in [5.41, 5.74) is 3.04. The Morgan fingerprint density at radius 1 is 1.06 bits per heavy atom. The maximum absolute atomic E-state index is 13.9. The van der Waals surface area contributed by atoms with Crippen LogP contribution in [0.15, 0.2) is 71.6 Å². The normalized spacial score (nSPS) is 14.8. The average molecular weight is 466 g/mol. The highest BCUT2D eigenvalue weighted by Crippen LogP contribution is 2.37. The Morgan fingerprint density at radius 3 is 2.53 bits per heavy atom. The summed E-state index contributed by atoms with van der Waals surface area (Å²) in [6.45, 7) is 2.05. The van der Waals surface area contributed by atoms with E-state index in [9.17, 15) is 9.18 Å². The monoisotopic (exact) mass is 465 g/mol. The molecule has 162 valence electrons. The van der Waals surface area contributed by atoms with Crippen molar-refractivity contribution in [2.45, 2.75) is 13.5 Å². The lowest BCUT2D eigenvalue weighted by Gasteiger charge is -2.14. The Kier molecular flexibility index (Phi) is 6.58. The molecule has 4 rings (SSSR count). The molecule has 0 saturated carbocycles. The number of rotatable bonds is 6. The molecule has 0 radical (unpaired) electrons. The Bertz CT molecular complexity index is 1210. The molecule has 1 heterocycles. The van der Waals surface area contributed by atoms with Crippen LogP contribution in [0.5, 0.6) is 11.5 Å². The minimum absolute atomic E-state index is 0.0576. The number of amides is 1. The number of nitrogens with zero attached hydrogens (tertiary/aromatic N) is 1. The first-order valence-electron chi connectivity index (χ1n) is 9.85. The number of ether oxygens (including phenoxy) is 2. The summed E-state index contributed by atoms with van der Waals surface area (Å²) in [5.74, 6) is 0.472. The quantitative estimate of drug-likeness (QED) is 0.324. The maximum atomic E-state index is 13.9. The van der Waals surface area contributed by atoms with Crippen LogP contribution >= 0.6 is 24.0 Å². The molecule has 0 N–H and O–H groups in total. The van der Waals surface area contributed by atoms with Gasteiger partial charge in [-0.2, -0.15) is 0 Å². The van der Waals surface area contributed by atoms with Crippen molar-refractivity contribution in [1.29, 1.82) is 0 Å². The Morgan fingerprint density at radius 2 is 1.81 bits per heavy atom. The highest BCUT2D eigenvalue weighted by Gasteiger charge is 2.33. The molecule has 1 saturated heterocycles. The van der Waals surface area contributed by atoms with E-state index in [1.165, 1.54) is 29.8 Å². The van der Waals surface area contributed by atoms with Gasteiger partial charge in [-0.15, -0.1) is 0 Å². The van der Waals surface area contributed by atoms with Gasteiger partial charge in [-0.25, -0.2) is 4.39 Å². The van der Waals surface area contributed by atoms with Crippen molar-refractivity contribution in [1.82, 2.24) is 0 Å². The zero-order valence-corrected chi connectivity index (χ0v) is 19.1. The maximum Gasteiger partial charge on any atom is 0.270 e. The van der Waals surface area contributed by atoms with Gasteiger partial charge in [-0.05, 0) is 48.9 Å². The Labute approximate surface area is 195 Å². The zero-order valence-electron chi connectivity index (χ0n) is 17.5. The number of thioether (sulfide) groups is 1. The SMILES string of the molecule is COc1ccc(/C=C2/SC(=S)N(c3ccc(C)cc3)C2=O)cc1OCc1ccccc1F. The lowest BCUT2D eigenvalue weighted by molar-refractivity contribution is -0.113. The van der Waals surface area contributed by atoms with E-state index in [0.29, 0.717) is 26.3 Å². The molecule has 0 unspecified atom stereocenters. The number of thiocarbonyl (C=S) groups is 1. The van der Waals surface area contributed by atoms with Crippen LogP contribution in [0.2, 0.25) is 0 Å². The highest BCUT2D eigenvalue weighted by atomic mass is 32.2. The van der Waals surface area contributed by atoms with Crippen LogP contribution in [0.1, 0.15) is 16.7 Å². The highest BCUT2D eigenvalue weighted by molar-refractivity contribution is 8.27. The fourth-order valence-corrected chi connectivity index (χ4v) is 4.50. The third-order valence-corrected chi connectivity index (χ3v) is 6.21. The molecule has 0 aliphatic carbocycles. The molecule has 4 nitrogen and oxygen atoms in total. The summed E-state index contributed by atoms with van der Waals surface area (Å²) in [4.78, 5) is 15.1. The number of anilines is 1. The van der Waals surface area contributed by atoms with Crippen LogP contribution in [0, 0.1) is 12.7 Å². The summed E-state index contributed by atoms with van der Waals surface area (Å²) < 4.78 is 25.6. The Hall–Kier alpha value is -3.16. The molecule has 3 aromatic rings. The van der Waals surface area contributed by atoms with Crippen molar-refractivity contribution >= 4 is 46.0 Å². The molecule has 3 aromatic carbocycles. The predicted molar refractivity (Wildman–Crippen MR) is 131 cm³/mol. The van der Waals surface area contributed by atoms with E-state index >= 15 is 0 Å². The minimum atomic E-state index is -0.331. The largest absolute Gasteiger partial charge is 0.493 e. The lowest BCUT2D eigenvalue weighted by atomic mass is 10.1. The van der Waals surface area contributed by atoms with Gasteiger partial charge in [0, 0.05) is 5.56 Å². The molecule has 1 amide bonds. The van der Waals surface area contributed by atoms with Gasteiger partial charge < -0.3 is 9.47 Å². The summed E-state index contributed by atoms with van der Waals surface area (Å²) in [5, 5.41) is 0. The fraction of sp³-hybridized carbons (Fsp3) is 0.120. The van der Waals surface area contributed by atoms with Crippen molar-refractivity contribution in [3.8, 4) is 11.5 Å². The summed E-state index contributed by atoms with van der Waals surface area (Å²) in [6, 6.07) is 19.4. The van der Waals surface area contributed by atoms with Gasteiger partial charge in [0.05, 0.1) is 17.7 Å². The molecule has 7 heteroatoms. The third-order valence-electron chi connectivity index (χ3n) is 4.91. The van der Waals surface area contributed by atoms with E-state index < -0.39 is 0 Å². The standard InChI is InChI=1S/C25H20FNO3S2/c1-16-7-10-19(11-8-16)27-24(28)23(32-25(27)31)14-17-9-12-21(29-2)22(13-17)30-15-18-5-3-4-6-20(18)26/h3-14H,15H2,1-2H3/b23-14+. The average Bonchev–Trinajstić information content (AvgIpc) is 3.07. The van der Waals surface area contributed by atoms with E-state index in [-0.39, 0.29) is 18.3 Å². The van der Waals surface area contributed by atoms with Crippen LogP contribution in [0.4, 0.5) is 10.1 Å². The molecule has 0 atom stereocenters. The second-order valence-corrected chi connectivity index (χ2v) is 8.82. The first kappa shape index (κ1) is 22.0. The molecular formula is C25H20FNO3S2. The fourth-order valence-electron chi connectivity index (χ4n) is 3.20. The van der Waals surface area contributed by atoms with Crippen molar-refractivity contribution in [3.63, 3.8) is 0 Å². The second kappa shape index (κ2) is 9.54. The predicted octanol–water partition coefficient (Wildman–Crippen LogP) is 6.13. The number of benzene rings is 3. The Balaban J connectivity index is 1.57.